The maximum absolute atomic E-state index is 12.9. The van der Waals surface area contributed by atoms with Gasteiger partial charge in [0.25, 0.3) is 0 Å². The van der Waals surface area contributed by atoms with Crippen molar-refractivity contribution >= 4 is 29.2 Å². The van der Waals surface area contributed by atoms with Crippen molar-refractivity contribution in [3.8, 4) is 22.6 Å². The number of amides is 1. The van der Waals surface area contributed by atoms with Gasteiger partial charge in [0.1, 0.15) is 11.5 Å². The number of ether oxygens (including phenoxy) is 2. The van der Waals surface area contributed by atoms with Crippen LogP contribution in [0.2, 0.25) is 0 Å². The normalized spacial score (nSPS) is 13.2. The van der Waals surface area contributed by atoms with Crippen molar-refractivity contribution in [2.24, 2.45) is 0 Å². The zero-order valence-electron chi connectivity index (χ0n) is 22.3. The summed E-state index contributed by atoms with van der Waals surface area (Å²) >= 11 is 1.60. The number of anilines is 2. The second kappa shape index (κ2) is 12.6. The van der Waals surface area contributed by atoms with Crippen LogP contribution in [0.5, 0.6) is 11.5 Å². The number of piperazine rings is 1. The molecule has 1 N–H and O–H groups in total. The van der Waals surface area contributed by atoms with Crippen LogP contribution in [-0.4, -0.2) is 51.2 Å². The van der Waals surface area contributed by atoms with Crippen LogP contribution in [0, 0.1) is 0 Å². The van der Waals surface area contributed by atoms with Crippen LogP contribution in [0.3, 0.4) is 0 Å². The van der Waals surface area contributed by atoms with Gasteiger partial charge in [-0.05, 0) is 77.2 Å². The summed E-state index contributed by atoms with van der Waals surface area (Å²) in [5, 5.41) is 0. The van der Waals surface area contributed by atoms with E-state index in [-0.39, 0.29) is 5.91 Å². The Morgan fingerprint density at radius 3 is 2.00 bits per heavy atom. The van der Waals surface area contributed by atoms with Crippen LogP contribution < -0.4 is 19.1 Å². The van der Waals surface area contributed by atoms with Gasteiger partial charge in [0.05, 0.1) is 20.6 Å². The van der Waals surface area contributed by atoms with Gasteiger partial charge in [0, 0.05) is 48.5 Å². The molecule has 1 amide bonds. The molecule has 200 valence electrons. The zero-order valence-corrected chi connectivity index (χ0v) is 23.1. The molecule has 0 atom stereocenters. The van der Waals surface area contributed by atoms with Gasteiger partial charge in [-0.25, -0.2) is 0 Å². The van der Waals surface area contributed by atoms with Crippen molar-refractivity contribution in [1.29, 1.82) is 0 Å². The summed E-state index contributed by atoms with van der Waals surface area (Å²) in [5.74, 6) is 1.51. The first kappa shape index (κ1) is 26.5. The van der Waals surface area contributed by atoms with Crippen LogP contribution in [0.25, 0.3) is 11.1 Å². The van der Waals surface area contributed by atoms with Crippen molar-refractivity contribution in [1.82, 2.24) is 4.90 Å². The first-order chi connectivity index (χ1) is 19.1. The summed E-state index contributed by atoms with van der Waals surface area (Å²) < 4.78 is 14.1. The number of carbonyl (C=O) groups is 1. The molecule has 7 heteroatoms. The molecule has 0 bridgehead atoms. The lowest BCUT2D eigenvalue weighted by Crippen LogP contribution is -2.49. The monoisotopic (exact) mass is 539 g/mol. The maximum Gasteiger partial charge on any atom is 0.227 e. The molecule has 0 saturated carbocycles. The van der Waals surface area contributed by atoms with E-state index in [1.807, 2.05) is 29.2 Å². The van der Waals surface area contributed by atoms with Crippen LogP contribution in [-0.2, 0) is 11.2 Å². The predicted octanol–water partition coefficient (Wildman–Crippen LogP) is 6.38. The lowest BCUT2D eigenvalue weighted by molar-refractivity contribution is -0.130. The number of nitrogens with zero attached hydrogens (tertiary/aromatic N) is 2. The fraction of sp³-hybridized carbons (Fsp3) is 0.219. The fourth-order valence-corrected chi connectivity index (χ4v) is 5.32. The smallest absolute Gasteiger partial charge is 0.227 e. The molecule has 1 aliphatic rings. The van der Waals surface area contributed by atoms with E-state index in [2.05, 4.69) is 82.4 Å². The summed E-state index contributed by atoms with van der Waals surface area (Å²) in [6.45, 7) is 3.02. The molecule has 0 spiro atoms. The minimum atomic E-state index is 0.123. The molecule has 6 nitrogen and oxygen atoms in total. The average molecular weight is 540 g/mol. The van der Waals surface area contributed by atoms with E-state index >= 15 is 0 Å². The molecular formula is C32H33N3O3S. The lowest BCUT2D eigenvalue weighted by Gasteiger charge is -2.36. The van der Waals surface area contributed by atoms with Crippen LogP contribution >= 0.6 is 11.9 Å². The van der Waals surface area contributed by atoms with E-state index in [4.69, 9.17) is 9.47 Å². The Bertz CT molecular complexity index is 1350. The summed E-state index contributed by atoms with van der Waals surface area (Å²) in [4.78, 5) is 18.4. The third-order valence-corrected chi connectivity index (χ3v) is 7.73. The molecule has 39 heavy (non-hydrogen) atoms. The first-order valence-electron chi connectivity index (χ1n) is 13.0. The lowest BCUT2D eigenvalue weighted by atomic mass is 10.1. The van der Waals surface area contributed by atoms with Crippen LogP contribution in [0.15, 0.2) is 102 Å². The number of carbonyl (C=O) groups excluding carboxylic acids is 1. The minimum absolute atomic E-state index is 0.123. The molecule has 5 rings (SSSR count). The summed E-state index contributed by atoms with van der Waals surface area (Å²) in [6, 6.07) is 33.1. The second-order valence-corrected chi connectivity index (χ2v) is 10.3. The van der Waals surface area contributed by atoms with Crippen LogP contribution in [0.1, 0.15) is 5.56 Å². The Balaban J connectivity index is 1.10. The van der Waals surface area contributed by atoms with Gasteiger partial charge in [0.15, 0.2) is 0 Å². The standard InChI is InChI=1S/C32H33N3O3S/c1-37-29-20-24(21-30(23-29)38-2)22-32(36)35-18-16-34(17-19-35)28-12-10-27(11-13-28)33-39-31-14-8-26(9-15-31)25-6-4-3-5-7-25/h3-15,20-21,23,33H,16-19,22H2,1-2H3. The minimum Gasteiger partial charge on any atom is -0.497 e. The Hall–Kier alpha value is -4.10. The molecule has 0 aromatic heterocycles. The number of benzene rings is 4. The Morgan fingerprint density at radius 1 is 0.769 bits per heavy atom. The van der Waals surface area contributed by atoms with Crippen LogP contribution in [0.4, 0.5) is 11.4 Å². The highest BCUT2D eigenvalue weighted by molar-refractivity contribution is 8.00. The number of nitrogens with one attached hydrogen (secondary N) is 1. The third-order valence-electron chi connectivity index (χ3n) is 6.88. The Labute approximate surface area is 234 Å². The van der Waals surface area contributed by atoms with Gasteiger partial charge < -0.3 is 24.0 Å². The van der Waals surface area contributed by atoms with Crippen molar-refractivity contribution < 1.29 is 14.3 Å². The van der Waals surface area contributed by atoms with E-state index in [9.17, 15) is 4.79 Å². The molecule has 0 aliphatic carbocycles. The molecule has 1 aliphatic heterocycles. The predicted molar refractivity (Wildman–Crippen MR) is 160 cm³/mol. The SMILES string of the molecule is COc1cc(CC(=O)N2CCN(c3ccc(NSc4ccc(-c5ccccc5)cc4)cc3)CC2)cc(OC)c1. The number of hydrogen-bond acceptors (Lipinski definition) is 6. The summed E-state index contributed by atoms with van der Waals surface area (Å²) in [5.41, 5.74) is 5.56. The van der Waals surface area contributed by atoms with E-state index < -0.39 is 0 Å². The zero-order chi connectivity index (χ0) is 27.0. The maximum atomic E-state index is 12.9. The molecular weight excluding hydrogens is 506 g/mol. The van der Waals surface area contributed by atoms with Gasteiger partial charge in [0.2, 0.25) is 5.91 Å². The van der Waals surface area contributed by atoms with Gasteiger partial charge in [-0.2, -0.15) is 0 Å². The molecule has 4 aromatic carbocycles. The Morgan fingerprint density at radius 2 is 1.38 bits per heavy atom. The molecule has 1 fully saturated rings. The largest absolute Gasteiger partial charge is 0.497 e. The highest BCUT2D eigenvalue weighted by Crippen LogP contribution is 2.27. The number of hydrogen-bond donors (Lipinski definition) is 1. The van der Waals surface area contributed by atoms with Gasteiger partial charge in [-0.3, -0.25) is 4.79 Å². The highest BCUT2D eigenvalue weighted by Gasteiger charge is 2.22. The van der Waals surface area contributed by atoms with E-state index in [1.165, 1.54) is 16.8 Å². The van der Waals surface area contributed by atoms with E-state index in [0.717, 1.165) is 29.2 Å². The quantitative estimate of drug-likeness (QED) is 0.249. The number of rotatable bonds is 9. The van der Waals surface area contributed by atoms with E-state index in [0.29, 0.717) is 31.0 Å². The van der Waals surface area contributed by atoms with Crippen molar-refractivity contribution in [3.63, 3.8) is 0 Å². The third kappa shape index (κ3) is 6.86. The summed E-state index contributed by atoms with van der Waals surface area (Å²) in [6.07, 6.45) is 0.334. The molecule has 0 unspecified atom stereocenters. The highest BCUT2D eigenvalue weighted by atomic mass is 32.2. The molecule has 0 radical (unpaired) electrons. The summed E-state index contributed by atoms with van der Waals surface area (Å²) in [7, 11) is 3.23. The van der Waals surface area contributed by atoms with Gasteiger partial charge >= 0.3 is 0 Å². The first-order valence-corrected chi connectivity index (χ1v) is 13.9. The fourth-order valence-electron chi connectivity index (χ4n) is 4.67. The van der Waals surface area contributed by atoms with E-state index in [1.54, 1.807) is 26.2 Å². The van der Waals surface area contributed by atoms with Gasteiger partial charge in [-0.15, -0.1) is 0 Å². The van der Waals surface area contributed by atoms with Gasteiger partial charge in [-0.1, -0.05) is 42.5 Å². The topological polar surface area (TPSA) is 54.0 Å². The second-order valence-electron chi connectivity index (χ2n) is 9.41. The molecule has 1 saturated heterocycles. The van der Waals surface area contributed by atoms with Crippen molar-refractivity contribution in [2.75, 3.05) is 50.0 Å². The Kier molecular flexibility index (Phi) is 8.58. The number of methoxy groups -OCH3 is 2. The molecule has 4 aromatic rings. The average Bonchev–Trinajstić information content (AvgIpc) is 3.01. The van der Waals surface area contributed by atoms with Crippen molar-refractivity contribution in [2.45, 2.75) is 11.3 Å². The van der Waals surface area contributed by atoms with Crippen molar-refractivity contribution in [3.05, 3.63) is 103 Å². The molecule has 1 heterocycles.